The first-order valence-electron chi connectivity index (χ1n) is 14.4. The number of aromatic nitrogens is 1. The fraction of sp³-hybridized carbons (Fsp3) is 0.229. The standard InChI is InChI=1S/C35H38N4O4/c1-35(2,36)22-43-32-16-12-26(20-29(32)24-6-4-3-5-7-24)38-25-10-8-23(9-11-25)18-19-37-21-31(41)27-13-15-30(40)34-28(27)14-17-33(42)39-34/h3-17,20,31,37-38,40-41H,18-19,21-22,36H2,1-2H3,(H,39,42)/t31-/m0/s1. The minimum atomic E-state index is -0.792. The summed E-state index contributed by atoms with van der Waals surface area (Å²) in [6.07, 6.45) is -0.00172. The van der Waals surface area contributed by atoms with E-state index in [1.54, 1.807) is 12.1 Å². The van der Waals surface area contributed by atoms with Gasteiger partial charge in [-0.2, -0.15) is 0 Å². The van der Waals surface area contributed by atoms with Crippen LogP contribution in [0, 0.1) is 0 Å². The third-order valence-corrected chi connectivity index (χ3v) is 7.10. The van der Waals surface area contributed by atoms with E-state index in [1.807, 2.05) is 44.2 Å². The highest BCUT2D eigenvalue weighted by molar-refractivity contribution is 5.87. The van der Waals surface area contributed by atoms with Crippen LogP contribution in [0.5, 0.6) is 11.5 Å². The van der Waals surface area contributed by atoms with Crippen molar-refractivity contribution in [2.75, 3.05) is 25.0 Å². The van der Waals surface area contributed by atoms with E-state index in [9.17, 15) is 15.0 Å². The zero-order valence-electron chi connectivity index (χ0n) is 24.4. The van der Waals surface area contributed by atoms with Gasteiger partial charge < -0.3 is 36.3 Å². The Morgan fingerprint density at radius 2 is 1.67 bits per heavy atom. The van der Waals surface area contributed by atoms with Gasteiger partial charge in [-0.3, -0.25) is 4.79 Å². The van der Waals surface area contributed by atoms with Crippen molar-refractivity contribution in [1.29, 1.82) is 0 Å². The van der Waals surface area contributed by atoms with Crippen molar-refractivity contribution in [3.63, 3.8) is 0 Å². The third kappa shape index (κ3) is 7.81. The Kier molecular flexibility index (Phi) is 9.11. The molecule has 0 spiro atoms. The highest BCUT2D eigenvalue weighted by Gasteiger charge is 2.15. The minimum Gasteiger partial charge on any atom is -0.506 e. The van der Waals surface area contributed by atoms with Crippen molar-refractivity contribution >= 4 is 22.3 Å². The fourth-order valence-corrected chi connectivity index (χ4v) is 4.89. The summed E-state index contributed by atoms with van der Waals surface area (Å²) in [5, 5.41) is 28.3. The number of nitrogens with two attached hydrogens (primary N) is 1. The highest BCUT2D eigenvalue weighted by Crippen LogP contribution is 2.34. The second-order valence-electron chi connectivity index (χ2n) is 11.4. The number of fused-ring (bicyclic) bond motifs is 1. The number of aliphatic hydroxyl groups is 1. The maximum absolute atomic E-state index is 11.7. The number of H-pyrrole nitrogens is 1. The normalized spacial score (nSPS) is 12.3. The number of phenolic OH excluding ortho intramolecular Hbond substituents is 1. The van der Waals surface area contributed by atoms with Crippen molar-refractivity contribution in [3.8, 4) is 22.6 Å². The van der Waals surface area contributed by atoms with Crippen LogP contribution in [0.2, 0.25) is 0 Å². The maximum Gasteiger partial charge on any atom is 0.248 e. The van der Waals surface area contributed by atoms with Crippen LogP contribution in [0.1, 0.15) is 31.1 Å². The number of anilines is 2. The van der Waals surface area contributed by atoms with Crippen LogP contribution in [-0.4, -0.2) is 40.4 Å². The molecule has 0 aliphatic rings. The predicted molar refractivity (Wildman–Crippen MR) is 173 cm³/mol. The Balaban J connectivity index is 1.18. The number of rotatable bonds is 12. The summed E-state index contributed by atoms with van der Waals surface area (Å²) in [6.45, 7) is 5.31. The van der Waals surface area contributed by atoms with Gasteiger partial charge in [0.05, 0.1) is 11.6 Å². The van der Waals surface area contributed by atoms with Gasteiger partial charge in [-0.1, -0.05) is 48.5 Å². The molecule has 8 heteroatoms. The molecule has 1 aromatic heterocycles. The van der Waals surface area contributed by atoms with E-state index < -0.39 is 11.6 Å². The zero-order valence-corrected chi connectivity index (χ0v) is 24.4. The molecule has 5 rings (SSSR count). The average Bonchev–Trinajstić information content (AvgIpc) is 3.00. The highest BCUT2D eigenvalue weighted by atomic mass is 16.5. The Morgan fingerprint density at radius 3 is 2.42 bits per heavy atom. The summed E-state index contributed by atoms with van der Waals surface area (Å²) < 4.78 is 6.09. The summed E-state index contributed by atoms with van der Waals surface area (Å²) in [5.74, 6) is 0.764. The van der Waals surface area contributed by atoms with Crippen molar-refractivity contribution in [2.45, 2.75) is 31.9 Å². The first kappa shape index (κ1) is 29.8. The second-order valence-corrected chi connectivity index (χ2v) is 11.4. The van der Waals surface area contributed by atoms with Gasteiger partial charge in [-0.15, -0.1) is 0 Å². The lowest BCUT2D eigenvalue weighted by molar-refractivity contribution is 0.176. The SMILES string of the molecule is CC(C)(N)COc1ccc(Nc2ccc(CCNC[C@H](O)c3ccc(O)c4[nH]c(=O)ccc34)cc2)cc1-c1ccccc1. The number of nitrogens with one attached hydrogen (secondary N) is 3. The minimum absolute atomic E-state index is 0.0242. The van der Waals surface area contributed by atoms with Gasteiger partial charge in [-0.05, 0) is 86.0 Å². The zero-order chi connectivity index (χ0) is 30.4. The molecule has 0 saturated heterocycles. The van der Waals surface area contributed by atoms with Crippen molar-refractivity contribution < 1.29 is 14.9 Å². The second kappa shape index (κ2) is 13.1. The summed E-state index contributed by atoms with van der Waals surface area (Å²) in [4.78, 5) is 14.3. The molecular weight excluding hydrogens is 540 g/mol. The first-order chi connectivity index (χ1) is 20.7. The molecule has 4 aromatic carbocycles. The van der Waals surface area contributed by atoms with E-state index in [1.165, 1.54) is 17.7 Å². The lowest BCUT2D eigenvalue weighted by Gasteiger charge is -2.21. The smallest absolute Gasteiger partial charge is 0.248 e. The van der Waals surface area contributed by atoms with Gasteiger partial charge in [-0.25, -0.2) is 0 Å². The van der Waals surface area contributed by atoms with Gasteiger partial charge in [0.1, 0.15) is 18.1 Å². The van der Waals surface area contributed by atoms with E-state index in [2.05, 4.69) is 58.1 Å². The van der Waals surface area contributed by atoms with Crippen LogP contribution in [0.4, 0.5) is 11.4 Å². The van der Waals surface area contributed by atoms with Crippen LogP contribution in [-0.2, 0) is 6.42 Å². The van der Waals surface area contributed by atoms with Gasteiger partial charge in [0.2, 0.25) is 5.56 Å². The molecule has 0 radical (unpaired) electrons. The van der Waals surface area contributed by atoms with Gasteiger partial charge in [0, 0.05) is 40.5 Å². The number of aromatic amines is 1. The number of phenols is 1. The summed E-state index contributed by atoms with van der Waals surface area (Å²) in [5.41, 5.74) is 11.5. The number of aliphatic hydroxyl groups excluding tert-OH is 1. The maximum atomic E-state index is 11.7. The number of ether oxygens (including phenoxy) is 1. The van der Waals surface area contributed by atoms with Crippen LogP contribution < -0.4 is 26.7 Å². The molecule has 0 amide bonds. The van der Waals surface area contributed by atoms with E-state index in [0.29, 0.717) is 36.2 Å². The van der Waals surface area contributed by atoms with E-state index in [0.717, 1.165) is 34.7 Å². The third-order valence-electron chi connectivity index (χ3n) is 7.10. The average molecular weight is 579 g/mol. The number of aromatic hydroxyl groups is 1. The number of hydrogen-bond acceptors (Lipinski definition) is 7. The molecule has 1 atom stereocenters. The molecule has 0 aliphatic heterocycles. The molecule has 0 bridgehead atoms. The number of pyridine rings is 1. The van der Waals surface area contributed by atoms with Crippen LogP contribution >= 0.6 is 0 Å². The molecule has 7 N–H and O–H groups in total. The number of hydrogen-bond donors (Lipinski definition) is 6. The Hall–Kier alpha value is -4.63. The molecule has 222 valence electrons. The lowest BCUT2D eigenvalue weighted by Crippen LogP contribution is -2.38. The van der Waals surface area contributed by atoms with Crippen LogP contribution in [0.3, 0.4) is 0 Å². The van der Waals surface area contributed by atoms with Crippen molar-refractivity contribution in [2.24, 2.45) is 5.73 Å². The quantitative estimate of drug-likeness (QED) is 0.106. The molecule has 0 saturated carbocycles. The topological polar surface area (TPSA) is 133 Å². The Labute approximate surface area is 251 Å². The van der Waals surface area contributed by atoms with Crippen LogP contribution in [0.15, 0.2) is 102 Å². The molecule has 1 heterocycles. The van der Waals surface area contributed by atoms with Gasteiger partial charge >= 0.3 is 0 Å². The summed E-state index contributed by atoms with van der Waals surface area (Å²) in [7, 11) is 0. The molecule has 0 fully saturated rings. The predicted octanol–water partition coefficient (Wildman–Crippen LogP) is 5.63. The molecule has 43 heavy (non-hydrogen) atoms. The van der Waals surface area contributed by atoms with Gasteiger partial charge in [0.15, 0.2) is 0 Å². The monoisotopic (exact) mass is 578 g/mol. The molecular formula is C35H38N4O4. The van der Waals surface area contributed by atoms with E-state index >= 15 is 0 Å². The number of benzene rings is 4. The Morgan fingerprint density at radius 1 is 0.930 bits per heavy atom. The molecule has 5 aromatic rings. The van der Waals surface area contributed by atoms with E-state index in [-0.39, 0.29) is 11.3 Å². The van der Waals surface area contributed by atoms with E-state index in [4.69, 9.17) is 10.5 Å². The summed E-state index contributed by atoms with van der Waals surface area (Å²) >= 11 is 0. The Bertz CT molecular complexity index is 1730. The first-order valence-corrected chi connectivity index (χ1v) is 14.4. The molecule has 8 nitrogen and oxygen atoms in total. The van der Waals surface area contributed by atoms with Gasteiger partial charge in [0.25, 0.3) is 0 Å². The van der Waals surface area contributed by atoms with Crippen molar-refractivity contribution in [1.82, 2.24) is 10.3 Å². The largest absolute Gasteiger partial charge is 0.506 e. The fourth-order valence-electron chi connectivity index (χ4n) is 4.89. The van der Waals surface area contributed by atoms with Crippen LogP contribution in [0.25, 0.3) is 22.0 Å². The van der Waals surface area contributed by atoms with Crippen molar-refractivity contribution in [3.05, 3.63) is 119 Å². The summed E-state index contributed by atoms with van der Waals surface area (Å²) in [6, 6.07) is 30.7. The molecule has 0 unspecified atom stereocenters. The molecule has 0 aliphatic carbocycles. The lowest BCUT2D eigenvalue weighted by atomic mass is 10.0.